The summed E-state index contributed by atoms with van der Waals surface area (Å²) in [5.74, 6) is 1.48. The highest BCUT2D eigenvalue weighted by Crippen LogP contribution is 2.26. The minimum Gasteiger partial charge on any atom is -0.299 e. The van der Waals surface area contributed by atoms with Crippen molar-refractivity contribution in [3.05, 3.63) is 69.8 Å². The molecule has 22 heavy (non-hydrogen) atoms. The number of nitrogens with zero attached hydrogens (tertiary/aromatic N) is 2. The molecule has 4 heteroatoms. The largest absolute Gasteiger partial charge is 0.299 e. The predicted octanol–water partition coefficient (Wildman–Crippen LogP) is 3.84. The van der Waals surface area contributed by atoms with Crippen LogP contribution in [0.15, 0.2) is 52.2 Å². The smallest absolute Gasteiger partial charge is 0.261 e. The van der Waals surface area contributed by atoms with Crippen molar-refractivity contribution in [3.63, 3.8) is 0 Å². The quantitative estimate of drug-likeness (QED) is 0.689. The summed E-state index contributed by atoms with van der Waals surface area (Å²) in [5, 5.41) is 0.672. The van der Waals surface area contributed by atoms with Crippen LogP contribution in [0.5, 0.6) is 0 Å². The van der Waals surface area contributed by atoms with Crippen LogP contribution < -0.4 is 5.56 Å². The molecule has 2 aromatic carbocycles. The molecule has 1 aromatic heterocycles. The van der Waals surface area contributed by atoms with Gasteiger partial charge in [0.15, 0.2) is 0 Å². The van der Waals surface area contributed by atoms with Crippen LogP contribution in [0, 0.1) is 13.8 Å². The Morgan fingerprint density at radius 2 is 1.91 bits per heavy atom. The first-order valence-corrected chi connectivity index (χ1v) is 8.19. The molecule has 0 aliphatic carbocycles. The molecule has 0 fully saturated rings. The summed E-state index contributed by atoms with van der Waals surface area (Å²) in [6, 6.07) is 13.9. The summed E-state index contributed by atoms with van der Waals surface area (Å²) in [6.45, 7) is 4.21. The van der Waals surface area contributed by atoms with Gasteiger partial charge in [-0.1, -0.05) is 29.8 Å². The van der Waals surface area contributed by atoms with Crippen molar-refractivity contribution in [2.45, 2.75) is 24.5 Å². The number of fused-ring (bicyclic) bond motifs is 1. The lowest BCUT2D eigenvalue weighted by Crippen LogP contribution is -2.21. The highest BCUT2D eigenvalue weighted by molar-refractivity contribution is 7.98. The topological polar surface area (TPSA) is 34.9 Å². The molecule has 0 unspecified atom stereocenters. The van der Waals surface area contributed by atoms with Gasteiger partial charge in [0.05, 0.1) is 16.7 Å². The fourth-order valence-electron chi connectivity index (χ4n) is 2.50. The van der Waals surface area contributed by atoms with Crippen LogP contribution in [0.3, 0.4) is 0 Å². The van der Waals surface area contributed by atoms with Gasteiger partial charge in [0.1, 0.15) is 5.82 Å². The Labute approximate surface area is 134 Å². The molecule has 0 saturated heterocycles. The Kier molecular flexibility index (Phi) is 4.03. The number of hydrogen-bond donors (Lipinski definition) is 0. The predicted molar refractivity (Wildman–Crippen MR) is 92.5 cm³/mol. The first kappa shape index (κ1) is 14.9. The van der Waals surface area contributed by atoms with Crippen LogP contribution in [0.25, 0.3) is 10.9 Å². The van der Waals surface area contributed by atoms with E-state index in [1.165, 1.54) is 16.0 Å². The SMILES string of the molecule is Cc1ccc(SCc2nc3ccccc3c(=O)n2C)c(C)c1. The number of para-hydroxylation sites is 1. The van der Waals surface area contributed by atoms with Crippen LogP contribution in [-0.2, 0) is 12.8 Å². The summed E-state index contributed by atoms with van der Waals surface area (Å²) in [5.41, 5.74) is 3.30. The average molecular weight is 310 g/mol. The van der Waals surface area contributed by atoms with Crippen molar-refractivity contribution in [3.8, 4) is 0 Å². The van der Waals surface area contributed by atoms with E-state index in [2.05, 4.69) is 37.0 Å². The van der Waals surface area contributed by atoms with Gasteiger partial charge >= 0.3 is 0 Å². The molecule has 0 saturated carbocycles. The second kappa shape index (κ2) is 5.97. The lowest BCUT2D eigenvalue weighted by Gasteiger charge is -2.10. The second-order valence-electron chi connectivity index (χ2n) is 5.47. The van der Waals surface area contributed by atoms with E-state index >= 15 is 0 Å². The van der Waals surface area contributed by atoms with Crippen molar-refractivity contribution in [2.75, 3.05) is 0 Å². The van der Waals surface area contributed by atoms with Crippen LogP contribution >= 0.6 is 11.8 Å². The van der Waals surface area contributed by atoms with Gasteiger partial charge in [-0.05, 0) is 37.6 Å². The van der Waals surface area contributed by atoms with E-state index < -0.39 is 0 Å². The summed E-state index contributed by atoms with van der Waals surface area (Å²) >= 11 is 1.72. The normalized spacial score (nSPS) is 11.0. The lowest BCUT2D eigenvalue weighted by molar-refractivity contribution is 0.785. The molecule has 0 aliphatic heterocycles. The van der Waals surface area contributed by atoms with Crippen LogP contribution in [-0.4, -0.2) is 9.55 Å². The van der Waals surface area contributed by atoms with E-state index in [1.54, 1.807) is 23.4 Å². The first-order valence-electron chi connectivity index (χ1n) is 7.21. The van der Waals surface area contributed by atoms with Crippen LogP contribution in [0.4, 0.5) is 0 Å². The Morgan fingerprint density at radius 1 is 1.14 bits per heavy atom. The van der Waals surface area contributed by atoms with Gasteiger partial charge in [0.25, 0.3) is 5.56 Å². The minimum atomic E-state index is 0.0156. The molecule has 0 atom stereocenters. The summed E-state index contributed by atoms with van der Waals surface area (Å²) in [7, 11) is 1.79. The summed E-state index contributed by atoms with van der Waals surface area (Å²) in [4.78, 5) is 18.3. The lowest BCUT2D eigenvalue weighted by atomic mass is 10.2. The number of aryl methyl sites for hydroxylation is 2. The summed E-state index contributed by atoms with van der Waals surface area (Å²) < 4.78 is 1.65. The molecule has 3 rings (SSSR count). The molecule has 0 bridgehead atoms. The molecular formula is C18H18N2OS. The maximum Gasteiger partial charge on any atom is 0.261 e. The molecule has 0 aliphatic rings. The van der Waals surface area contributed by atoms with Crippen molar-refractivity contribution >= 4 is 22.7 Å². The number of rotatable bonds is 3. The molecule has 0 amide bonds. The van der Waals surface area contributed by atoms with Gasteiger partial charge in [-0.3, -0.25) is 9.36 Å². The highest BCUT2D eigenvalue weighted by Gasteiger charge is 2.09. The van der Waals surface area contributed by atoms with E-state index in [1.807, 2.05) is 24.3 Å². The Balaban J connectivity index is 1.94. The van der Waals surface area contributed by atoms with Crippen LogP contribution in [0.1, 0.15) is 17.0 Å². The standard InChI is InChI=1S/C18H18N2OS/c1-12-8-9-16(13(2)10-12)22-11-17-19-15-7-5-4-6-14(15)18(21)20(17)3/h4-10H,11H2,1-3H3. The highest BCUT2D eigenvalue weighted by atomic mass is 32.2. The molecule has 0 N–H and O–H groups in total. The fraction of sp³-hybridized carbons (Fsp3) is 0.222. The monoisotopic (exact) mass is 310 g/mol. The van der Waals surface area contributed by atoms with E-state index in [4.69, 9.17) is 0 Å². The molecule has 1 heterocycles. The van der Waals surface area contributed by atoms with Gasteiger partial charge in [0, 0.05) is 11.9 Å². The zero-order valence-electron chi connectivity index (χ0n) is 13.0. The van der Waals surface area contributed by atoms with Crippen LogP contribution in [0.2, 0.25) is 0 Å². The third-order valence-corrected chi connectivity index (χ3v) is 4.93. The molecular weight excluding hydrogens is 292 g/mol. The van der Waals surface area contributed by atoms with Crippen molar-refractivity contribution < 1.29 is 0 Å². The average Bonchev–Trinajstić information content (AvgIpc) is 2.51. The first-order chi connectivity index (χ1) is 10.6. The Morgan fingerprint density at radius 3 is 2.68 bits per heavy atom. The van der Waals surface area contributed by atoms with Crippen molar-refractivity contribution in [2.24, 2.45) is 7.05 Å². The van der Waals surface area contributed by atoms with E-state index in [0.29, 0.717) is 11.1 Å². The second-order valence-corrected chi connectivity index (χ2v) is 6.48. The van der Waals surface area contributed by atoms with Gasteiger partial charge in [-0.15, -0.1) is 11.8 Å². The van der Waals surface area contributed by atoms with Crippen molar-refractivity contribution in [1.82, 2.24) is 9.55 Å². The number of aromatic nitrogens is 2. The minimum absolute atomic E-state index is 0.0156. The van der Waals surface area contributed by atoms with Gasteiger partial charge in [-0.25, -0.2) is 4.98 Å². The molecule has 112 valence electrons. The van der Waals surface area contributed by atoms with E-state index in [-0.39, 0.29) is 5.56 Å². The molecule has 0 spiro atoms. The Hall–Kier alpha value is -2.07. The Bertz CT molecular complexity index is 899. The molecule has 3 nitrogen and oxygen atoms in total. The molecule has 0 radical (unpaired) electrons. The maximum atomic E-state index is 12.4. The maximum absolute atomic E-state index is 12.4. The number of thioether (sulfide) groups is 1. The molecule has 3 aromatic rings. The fourth-order valence-corrected chi connectivity index (χ4v) is 3.49. The van der Waals surface area contributed by atoms with Gasteiger partial charge in [0.2, 0.25) is 0 Å². The summed E-state index contributed by atoms with van der Waals surface area (Å²) in [6.07, 6.45) is 0. The van der Waals surface area contributed by atoms with E-state index in [9.17, 15) is 4.79 Å². The third-order valence-electron chi connectivity index (χ3n) is 3.76. The third kappa shape index (κ3) is 2.79. The van der Waals surface area contributed by atoms with E-state index in [0.717, 1.165) is 11.3 Å². The van der Waals surface area contributed by atoms with Gasteiger partial charge < -0.3 is 0 Å². The zero-order valence-corrected chi connectivity index (χ0v) is 13.8. The van der Waals surface area contributed by atoms with Gasteiger partial charge in [-0.2, -0.15) is 0 Å². The number of hydrogen-bond acceptors (Lipinski definition) is 3. The van der Waals surface area contributed by atoms with Crippen molar-refractivity contribution in [1.29, 1.82) is 0 Å². The zero-order chi connectivity index (χ0) is 15.7. The number of benzene rings is 2.